The molecule has 27 heavy (non-hydrogen) atoms. The maximum atomic E-state index is 13.0. The number of nitrogens with two attached hydrogens (primary N) is 1. The van der Waals surface area contributed by atoms with Gasteiger partial charge in [-0.1, -0.05) is 6.58 Å². The van der Waals surface area contributed by atoms with Crippen molar-refractivity contribution in [2.75, 3.05) is 0 Å². The highest BCUT2D eigenvalue weighted by Gasteiger charge is 2.33. The number of halogens is 3. The van der Waals surface area contributed by atoms with Crippen LogP contribution in [-0.4, -0.2) is 24.4 Å². The molecule has 0 saturated heterocycles. The van der Waals surface area contributed by atoms with Gasteiger partial charge in [0.05, 0.1) is 12.2 Å². The Morgan fingerprint density at radius 1 is 1.37 bits per heavy atom. The summed E-state index contributed by atoms with van der Waals surface area (Å²) in [6.45, 7) is 6.54. The first kappa shape index (κ1) is 18.9. The minimum Gasteiger partial charge on any atom is -0.403 e. The van der Waals surface area contributed by atoms with Crippen molar-refractivity contribution in [2.24, 2.45) is 5.73 Å². The number of alkyl halides is 3. The van der Waals surface area contributed by atoms with Gasteiger partial charge in [-0.3, -0.25) is 0 Å². The van der Waals surface area contributed by atoms with Crippen molar-refractivity contribution in [1.29, 1.82) is 0 Å². The molecule has 6 nitrogen and oxygen atoms in total. The first-order valence-corrected chi connectivity index (χ1v) is 8.90. The third-order valence-electron chi connectivity index (χ3n) is 3.88. The molecule has 3 aromatic rings. The van der Waals surface area contributed by atoms with E-state index in [-0.39, 0.29) is 12.2 Å². The molecule has 0 aliphatic carbocycles. The molecular weight excluding hydrogens is 377 g/mol. The van der Waals surface area contributed by atoms with Crippen LogP contribution in [-0.2, 0) is 19.3 Å². The first-order chi connectivity index (χ1) is 12.8. The molecule has 0 saturated carbocycles. The van der Waals surface area contributed by atoms with E-state index in [1.54, 1.807) is 21.9 Å². The number of fused-ring (bicyclic) bond motifs is 1. The Bertz CT molecular complexity index is 975. The summed E-state index contributed by atoms with van der Waals surface area (Å²) in [4.78, 5) is 14.2. The summed E-state index contributed by atoms with van der Waals surface area (Å²) in [5.41, 5.74) is 5.81. The van der Waals surface area contributed by atoms with Crippen molar-refractivity contribution < 1.29 is 13.2 Å². The molecule has 0 spiro atoms. The van der Waals surface area contributed by atoms with Crippen LogP contribution in [0.15, 0.2) is 42.7 Å². The van der Waals surface area contributed by atoms with Gasteiger partial charge < -0.3 is 15.2 Å². The topological polar surface area (TPSA) is 72.9 Å². The number of pyridine rings is 1. The van der Waals surface area contributed by atoms with Crippen LogP contribution < -0.4 is 5.73 Å². The number of thiazole rings is 1. The predicted octanol–water partition coefficient (Wildman–Crippen LogP) is 3.83. The zero-order chi connectivity index (χ0) is 19.6. The van der Waals surface area contributed by atoms with Crippen molar-refractivity contribution in [2.45, 2.75) is 26.2 Å². The molecule has 0 atom stereocenters. The molecule has 0 amide bonds. The summed E-state index contributed by atoms with van der Waals surface area (Å²) in [5, 5.41) is 2.54. The Kier molecular flexibility index (Phi) is 5.17. The molecule has 0 bridgehead atoms. The zero-order valence-electron chi connectivity index (χ0n) is 14.4. The van der Waals surface area contributed by atoms with Crippen molar-refractivity contribution in [3.05, 3.63) is 59.2 Å². The van der Waals surface area contributed by atoms with E-state index in [9.17, 15) is 13.2 Å². The number of nitrogens with zero attached hydrogens (tertiary/aromatic N) is 5. The van der Waals surface area contributed by atoms with Gasteiger partial charge in [0.2, 0.25) is 0 Å². The Labute approximate surface area is 157 Å². The highest BCUT2D eigenvalue weighted by atomic mass is 32.1. The number of aryl methyl sites for hydroxylation is 1. The van der Waals surface area contributed by atoms with Crippen molar-refractivity contribution in [3.63, 3.8) is 0 Å². The van der Waals surface area contributed by atoms with E-state index < -0.39 is 11.9 Å². The molecule has 0 aromatic carbocycles. The number of rotatable bonds is 6. The minimum atomic E-state index is -4.51. The molecule has 10 heteroatoms. The zero-order valence-corrected chi connectivity index (χ0v) is 15.3. The molecule has 0 aliphatic rings. The van der Waals surface area contributed by atoms with E-state index in [2.05, 4.69) is 21.5 Å². The van der Waals surface area contributed by atoms with E-state index >= 15 is 0 Å². The summed E-state index contributed by atoms with van der Waals surface area (Å²) in [6, 6.07) is 2.27. The molecule has 3 rings (SSSR count). The fourth-order valence-corrected chi connectivity index (χ4v) is 3.27. The van der Waals surface area contributed by atoms with Gasteiger partial charge in [0.15, 0.2) is 5.65 Å². The van der Waals surface area contributed by atoms with Crippen molar-refractivity contribution >= 4 is 28.2 Å². The van der Waals surface area contributed by atoms with Gasteiger partial charge in [0.25, 0.3) is 0 Å². The Hall–Kier alpha value is -2.88. The average molecular weight is 394 g/mol. The van der Waals surface area contributed by atoms with Crippen LogP contribution >= 0.6 is 11.3 Å². The van der Waals surface area contributed by atoms with Crippen LogP contribution in [0.4, 0.5) is 13.2 Å². The smallest absolute Gasteiger partial charge is 0.403 e. The second kappa shape index (κ2) is 7.39. The maximum absolute atomic E-state index is 13.0. The molecular formula is C17H17F3N6S. The number of aromatic nitrogens is 4. The normalized spacial score (nSPS) is 12.1. The minimum absolute atomic E-state index is 0.193. The lowest BCUT2D eigenvalue weighted by Gasteiger charge is -2.21. The quantitative estimate of drug-likeness (QED) is 0.688. The molecule has 0 unspecified atom stereocenters. The molecule has 3 aromatic heterocycles. The maximum Gasteiger partial charge on any atom is 0.433 e. The van der Waals surface area contributed by atoms with Gasteiger partial charge >= 0.3 is 6.18 Å². The third kappa shape index (κ3) is 3.80. The van der Waals surface area contributed by atoms with Crippen molar-refractivity contribution in [1.82, 2.24) is 24.4 Å². The largest absolute Gasteiger partial charge is 0.433 e. The Balaban J connectivity index is 2.01. The standard InChI is InChI=1S/C17H17F3N6S/c1-3-26-14(10-25(8-6-21)11(2)16-22-7-9-27-16)23-12-4-5-13(17(18,19)20)24-15(12)26/h4-9H,2-3,10,21H2,1H3/b8-6-. The van der Waals surface area contributed by atoms with Gasteiger partial charge in [0, 0.05) is 30.5 Å². The number of hydrogen-bond acceptors (Lipinski definition) is 6. The third-order valence-corrected chi connectivity index (χ3v) is 4.70. The lowest BCUT2D eigenvalue weighted by Crippen LogP contribution is -2.18. The number of imidazole rings is 1. The second-order valence-electron chi connectivity index (χ2n) is 5.56. The van der Waals surface area contributed by atoms with Crippen LogP contribution in [0.1, 0.15) is 23.4 Å². The van der Waals surface area contributed by atoms with Gasteiger partial charge in [-0.25, -0.2) is 15.0 Å². The van der Waals surface area contributed by atoms with Gasteiger partial charge in [-0.15, -0.1) is 11.3 Å². The molecule has 0 aliphatic heterocycles. The van der Waals surface area contributed by atoms with Gasteiger partial charge in [0.1, 0.15) is 22.0 Å². The Morgan fingerprint density at radius 3 is 2.74 bits per heavy atom. The molecule has 0 fully saturated rings. The van der Waals surface area contributed by atoms with Crippen LogP contribution in [0.5, 0.6) is 0 Å². The van der Waals surface area contributed by atoms with Crippen molar-refractivity contribution in [3.8, 4) is 0 Å². The monoisotopic (exact) mass is 394 g/mol. The number of hydrogen-bond donors (Lipinski definition) is 1. The van der Waals surface area contributed by atoms with Crippen LogP contribution in [0.2, 0.25) is 0 Å². The second-order valence-corrected chi connectivity index (χ2v) is 6.46. The fourth-order valence-electron chi connectivity index (χ4n) is 2.64. The predicted molar refractivity (Wildman–Crippen MR) is 98.2 cm³/mol. The fraction of sp³-hybridized carbons (Fsp3) is 0.235. The molecule has 142 valence electrons. The lowest BCUT2D eigenvalue weighted by atomic mass is 10.3. The van der Waals surface area contributed by atoms with E-state index in [0.717, 1.165) is 6.07 Å². The summed E-state index contributed by atoms with van der Waals surface area (Å²) in [7, 11) is 0. The first-order valence-electron chi connectivity index (χ1n) is 8.02. The van der Waals surface area contributed by atoms with Crippen LogP contribution in [0, 0.1) is 0 Å². The molecule has 2 N–H and O–H groups in total. The van der Waals surface area contributed by atoms with E-state index in [4.69, 9.17) is 5.73 Å². The summed E-state index contributed by atoms with van der Waals surface area (Å²) in [5.74, 6) is 0.551. The lowest BCUT2D eigenvalue weighted by molar-refractivity contribution is -0.141. The van der Waals surface area contributed by atoms with Crippen LogP contribution in [0.25, 0.3) is 16.9 Å². The highest BCUT2D eigenvalue weighted by Crippen LogP contribution is 2.30. The summed E-state index contributed by atoms with van der Waals surface area (Å²) >= 11 is 1.42. The summed E-state index contributed by atoms with van der Waals surface area (Å²) < 4.78 is 40.6. The van der Waals surface area contributed by atoms with E-state index in [1.807, 2.05) is 12.3 Å². The summed E-state index contributed by atoms with van der Waals surface area (Å²) in [6.07, 6.45) is 0.138. The van der Waals surface area contributed by atoms with Crippen LogP contribution in [0.3, 0.4) is 0 Å². The molecule has 3 heterocycles. The van der Waals surface area contributed by atoms with E-state index in [0.29, 0.717) is 28.6 Å². The van der Waals surface area contributed by atoms with Gasteiger partial charge in [-0.2, -0.15) is 13.2 Å². The SMILES string of the molecule is C=C(c1nccs1)N(/C=C\N)Cc1nc2ccc(C(F)(F)F)nc2n1CC. The highest BCUT2D eigenvalue weighted by molar-refractivity contribution is 7.10. The Morgan fingerprint density at radius 2 is 2.15 bits per heavy atom. The van der Waals surface area contributed by atoms with Gasteiger partial charge in [-0.05, 0) is 19.1 Å². The molecule has 0 radical (unpaired) electrons. The van der Waals surface area contributed by atoms with E-state index in [1.165, 1.54) is 23.6 Å². The average Bonchev–Trinajstić information content (AvgIpc) is 3.26.